The van der Waals surface area contributed by atoms with E-state index in [9.17, 15) is 0 Å². The first-order valence-corrected chi connectivity index (χ1v) is 3.82. The minimum absolute atomic E-state index is 1.88. The molecule has 2 aromatic rings. The molecule has 58 valence electrons. The first-order valence-electron chi connectivity index (χ1n) is 3.82. The van der Waals surface area contributed by atoms with Gasteiger partial charge in [0.25, 0.3) is 0 Å². The van der Waals surface area contributed by atoms with Gasteiger partial charge in [-0.15, -0.1) is 0 Å². The van der Waals surface area contributed by atoms with Gasteiger partial charge in [-0.05, 0) is 12.1 Å². The summed E-state index contributed by atoms with van der Waals surface area (Å²) in [6.45, 7) is 0. The second kappa shape index (κ2) is 6.17. The zero-order valence-corrected chi connectivity index (χ0v) is 6.77. The Kier molecular flexibility index (Phi) is 4.39. The van der Waals surface area contributed by atoms with Gasteiger partial charge in [-0.2, -0.15) is 0 Å². The van der Waals surface area contributed by atoms with Crippen LogP contribution in [0.15, 0.2) is 60.7 Å². The third-order valence-electron chi connectivity index (χ3n) is 1.21. The van der Waals surface area contributed by atoms with E-state index in [2.05, 4.69) is 12.1 Å². The molecule has 0 aromatic heterocycles. The highest BCUT2D eigenvalue weighted by Gasteiger charge is 1.59. The highest BCUT2D eigenvalue weighted by Crippen LogP contribution is 1.79. The van der Waals surface area contributed by atoms with Gasteiger partial charge in [0.1, 0.15) is 0 Å². The summed E-state index contributed by atoms with van der Waals surface area (Å²) in [4.78, 5) is 0. The Morgan fingerprint density at radius 2 is 0.750 bits per heavy atom. The first kappa shape index (κ1) is 8.54. The van der Waals surface area contributed by atoms with Crippen LogP contribution in [0.5, 0.6) is 0 Å². The Balaban J connectivity index is 0.000000120. The van der Waals surface area contributed by atoms with Crippen molar-refractivity contribution in [3.05, 3.63) is 72.8 Å². The smallest absolute Gasteiger partial charge is 0.0184 e. The topological polar surface area (TPSA) is 0 Å². The van der Waals surface area contributed by atoms with Crippen molar-refractivity contribution >= 4 is 0 Å². The number of benzene rings is 2. The van der Waals surface area contributed by atoms with E-state index in [-0.39, 0.29) is 0 Å². The lowest BCUT2D eigenvalue weighted by Crippen LogP contribution is -1.49. The Hall–Kier alpha value is -1.56. The average Bonchev–Trinajstić information content (AvgIpc) is 2.24. The highest BCUT2D eigenvalue weighted by molar-refractivity contribution is 4.98. The highest BCUT2D eigenvalue weighted by atomic mass is 13.7. The standard InChI is InChI=1S/2C6H5/c2*1-2-4-6-5-3-1/h2*1-5H. The molecule has 0 heterocycles. The quantitative estimate of drug-likeness (QED) is 0.547. The van der Waals surface area contributed by atoms with Crippen molar-refractivity contribution < 1.29 is 0 Å². The molecule has 0 N–H and O–H groups in total. The van der Waals surface area contributed by atoms with Gasteiger partial charge in [0.2, 0.25) is 0 Å². The van der Waals surface area contributed by atoms with Crippen molar-refractivity contribution in [3.63, 3.8) is 0 Å². The van der Waals surface area contributed by atoms with E-state index in [0.717, 1.165) is 0 Å². The third kappa shape index (κ3) is 4.29. The zero-order valence-electron chi connectivity index (χ0n) is 6.77. The predicted octanol–water partition coefficient (Wildman–Crippen LogP) is 2.97. The van der Waals surface area contributed by atoms with Gasteiger partial charge in [-0.3, -0.25) is 0 Å². The van der Waals surface area contributed by atoms with E-state index in [1.54, 1.807) is 0 Å². The van der Waals surface area contributed by atoms with Crippen LogP contribution in [0.25, 0.3) is 0 Å². The van der Waals surface area contributed by atoms with Crippen LogP contribution in [0.3, 0.4) is 0 Å². The molecule has 0 aliphatic rings. The molecule has 0 saturated heterocycles. The molecular weight excluding hydrogens is 144 g/mol. The fraction of sp³-hybridized carbons (Fsp3) is 0. The molecule has 0 aliphatic heterocycles. The summed E-state index contributed by atoms with van der Waals surface area (Å²) in [5.74, 6) is 0. The van der Waals surface area contributed by atoms with Gasteiger partial charge < -0.3 is 0 Å². The fourth-order valence-electron chi connectivity index (χ4n) is 0.684. The molecule has 0 amide bonds. The molecule has 0 atom stereocenters. The number of hydrogen-bond donors (Lipinski definition) is 0. The van der Waals surface area contributed by atoms with Gasteiger partial charge in [-0.1, -0.05) is 60.7 Å². The Labute approximate surface area is 73.5 Å². The molecule has 0 unspecified atom stereocenters. The van der Waals surface area contributed by atoms with Crippen LogP contribution in [0, 0.1) is 12.1 Å². The normalized spacial score (nSPS) is 8.00. The summed E-state index contributed by atoms with van der Waals surface area (Å²) in [5.41, 5.74) is 0. The summed E-state index contributed by atoms with van der Waals surface area (Å²) in [5, 5.41) is 0. The molecule has 0 fully saturated rings. The molecule has 2 aromatic carbocycles. The number of hydrogen-bond acceptors (Lipinski definition) is 0. The van der Waals surface area contributed by atoms with E-state index in [4.69, 9.17) is 0 Å². The summed E-state index contributed by atoms with van der Waals surface area (Å²) in [6.07, 6.45) is 0. The van der Waals surface area contributed by atoms with E-state index in [0.29, 0.717) is 0 Å². The second-order valence-corrected chi connectivity index (χ2v) is 2.15. The Bertz CT molecular complexity index is 175. The largest absolute Gasteiger partial charge is 0.0622 e. The zero-order chi connectivity index (χ0) is 8.49. The van der Waals surface area contributed by atoms with Gasteiger partial charge in [0, 0.05) is 0 Å². The number of rotatable bonds is 0. The van der Waals surface area contributed by atoms with Crippen LogP contribution in [0.4, 0.5) is 0 Å². The van der Waals surface area contributed by atoms with Gasteiger partial charge in [0.15, 0.2) is 0 Å². The maximum absolute atomic E-state index is 2.89. The van der Waals surface area contributed by atoms with E-state index >= 15 is 0 Å². The Morgan fingerprint density at radius 1 is 0.417 bits per heavy atom. The summed E-state index contributed by atoms with van der Waals surface area (Å²) < 4.78 is 0. The third-order valence-corrected chi connectivity index (χ3v) is 1.21. The maximum Gasteiger partial charge on any atom is -0.0184 e. The average molecular weight is 154 g/mol. The first-order chi connectivity index (χ1) is 6.00. The lowest BCUT2D eigenvalue weighted by atomic mass is 10.4. The molecule has 0 heteroatoms. The van der Waals surface area contributed by atoms with Crippen LogP contribution in [0.2, 0.25) is 0 Å². The summed E-state index contributed by atoms with van der Waals surface area (Å²) >= 11 is 0. The van der Waals surface area contributed by atoms with E-state index in [1.165, 1.54) is 0 Å². The molecule has 2 rings (SSSR count). The van der Waals surface area contributed by atoms with Crippen LogP contribution in [-0.2, 0) is 0 Å². The molecule has 0 nitrogen and oxygen atoms in total. The summed E-state index contributed by atoms with van der Waals surface area (Å²) in [7, 11) is 0. The second-order valence-electron chi connectivity index (χ2n) is 2.15. The fourth-order valence-corrected chi connectivity index (χ4v) is 0.684. The minimum Gasteiger partial charge on any atom is -0.0622 e. The molecule has 12 heavy (non-hydrogen) atoms. The van der Waals surface area contributed by atoms with Crippen molar-refractivity contribution in [3.8, 4) is 0 Å². The van der Waals surface area contributed by atoms with Gasteiger partial charge in [-0.25, -0.2) is 0 Å². The van der Waals surface area contributed by atoms with Gasteiger partial charge in [0.05, 0.1) is 0 Å². The molecule has 0 aliphatic carbocycles. The van der Waals surface area contributed by atoms with Crippen molar-refractivity contribution in [2.45, 2.75) is 0 Å². The predicted molar refractivity (Wildman–Crippen MR) is 50.6 cm³/mol. The molecule has 2 radical (unpaired) electrons. The van der Waals surface area contributed by atoms with Crippen molar-refractivity contribution in [1.82, 2.24) is 0 Å². The van der Waals surface area contributed by atoms with Crippen molar-refractivity contribution in [2.24, 2.45) is 0 Å². The molecule has 0 bridgehead atoms. The van der Waals surface area contributed by atoms with Crippen LogP contribution in [-0.4, -0.2) is 0 Å². The van der Waals surface area contributed by atoms with Gasteiger partial charge >= 0.3 is 0 Å². The van der Waals surface area contributed by atoms with E-state index in [1.807, 2.05) is 60.7 Å². The monoisotopic (exact) mass is 154 g/mol. The summed E-state index contributed by atoms with van der Waals surface area (Å²) in [6, 6.07) is 25.0. The minimum atomic E-state index is 1.88. The maximum atomic E-state index is 2.89. The molecular formula is C12H10. The van der Waals surface area contributed by atoms with Crippen LogP contribution >= 0.6 is 0 Å². The van der Waals surface area contributed by atoms with E-state index < -0.39 is 0 Å². The lowest BCUT2D eigenvalue weighted by Gasteiger charge is -1.68. The molecule has 0 spiro atoms. The molecule has 0 saturated carbocycles. The van der Waals surface area contributed by atoms with Crippen molar-refractivity contribution in [2.75, 3.05) is 0 Å². The van der Waals surface area contributed by atoms with Crippen LogP contribution in [0.1, 0.15) is 0 Å². The Morgan fingerprint density at radius 3 is 0.833 bits per heavy atom. The SMILES string of the molecule is [c]1ccccc1.[c]1ccccc1. The lowest BCUT2D eigenvalue weighted by molar-refractivity contribution is 1.70. The van der Waals surface area contributed by atoms with Crippen LogP contribution < -0.4 is 0 Å². The van der Waals surface area contributed by atoms with Crippen molar-refractivity contribution in [1.29, 1.82) is 0 Å².